The molecule has 1 rings (SSSR count). The minimum atomic E-state index is -0.983. The summed E-state index contributed by atoms with van der Waals surface area (Å²) in [7, 11) is 0. The monoisotopic (exact) mass is 150 g/mol. The minimum Gasteiger partial charge on any atom is -0.211 e. The molecule has 0 saturated carbocycles. The molecule has 0 spiro atoms. The van der Waals surface area contributed by atoms with Crippen LogP contribution in [0.25, 0.3) is 0 Å². The standard InChI is InChI=1S/C7H6N2O2/c10-5-8-7(9-6-11)3-1-2-4-7/h1,3H,2,4H2. The van der Waals surface area contributed by atoms with Crippen molar-refractivity contribution in [1.82, 2.24) is 0 Å². The average molecular weight is 150 g/mol. The van der Waals surface area contributed by atoms with Gasteiger partial charge in [-0.3, -0.25) is 0 Å². The highest BCUT2D eigenvalue weighted by Crippen LogP contribution is 2.26. The molecule has 0 radical (unpaired) electrons. The molecule has 0 aromatic carbocycles. The van der Waals surface area contributed by atoms with Crippen molar-refractivity contribution in [1.29, 1.82) is 0 Å². The number of rotatable bonds is 2. The molecule has 4 nitrogen and oxygen atoms in total. The summed E-state index contributed by atoms with van der Waals surface area (Å²) in [6.07, 6.45) is 7.54. The zero-order valence-electron chi connectivity index (χ0n) is 5.78. The molecule has 0 fully saturated rings. The van der Waals surface area contributed by atoms with Crippen LogP contribution in [0.3, 0.4) is 0 Å². The van der Waals surface area contributed by atoms with Crippen LogP contribution in [0.5, 0.6) is 0 Å². The topological polar surface area (TPSA) is 58.9 Å². The van der Waals surface area contributed by atoms with E-state index in [0.717, 1.165) is 6.42 Å². The van der Waals surface area contributed by atoms with Gasteiger partial charge in [-0.1, -0.05) is 6.08 Å². The molecule has 0 amide bonds. The summed E-state index contributed by atoms with van der Waals surface area (Å²) in [5.41, 5.74) is -0.983. The molecule has 0 saturated heterocycles. The molecular formula is C7H6N2O2. The molecule has 0 atom stereocenters. The fourth-order valence-electron chi connectivity index (χ4n) is 1.02. The minimum absolute atomic E-state index is 0.553. The molecule has 0 aromatic rings. The van der Waals surface area contributed by atoms with E-state index in [9.17, 15) is 9.59 Å². The number of isocyanates is 2. The largest absolute Gasteiger partial charge is 0.237 e. The van der Waals surface area contributed by atoms with Crippen molar-refractivity contribution < 1.29 is 9.59 Å². The lowest BCUT2D eigenvalue weighted by Crippen LogP contribution is -2.16. The lowest BCUT2D eigenvalue weighted by molar-refractivity contribution is 0.507. The van der Waals surface area contributed by atoms with Gasteiger partial charge in [0.15, 0.2) is 5.66 Å². The quantitative estimate of drug-likeness (QED) is 0.330. The van der Waals surface area contributed by atoms with Gasteiger partial charge in [0.2, 0.25) is 12.2 Å². The van der Waals surface area contributed by atoms with Crippen LogP contribution in [0, 0.1) is 0 Å². The summed E-state index contributed by atoms with van der Waals surface area (Å²) in [4.78, 5) is 26.7. The second-order valence-corrected chi connectivity index (χ2v) is 2.23. The highest BCUT2D eigenvalue weighted by Gasteiger charge is 2.28. The molecule has 56 valence electrons. The number of allylic oxidation sites excluding steroid dienone is 1. The van der Waals surface area contributed by atoms with Crippen molar-refractivity contribution in [2.24, 2.45) is 9.98 Å². The molecule has 0 N–H and O–H groups in total. The predicted molar refractivity (Wildman–Crippen MR) is 37.3 cm³/mol. The van der Waals surface area contributed by atoms with Crippen molar-refractivity contribution in [3.8, 4) is 0 Å². The molecule has 0 aliphatic heterocycles. The molecule has 0 bridgehead atoms. The predicted octanol–water partition coefficient (Wildman–Crippen LogP) is 0.704. The maximum absolute atomic E-state index is 9.93. The van der Waals surface area contributed by atoms with Crippen molar-refractivity contribution >= 4 is 12.2 Å². The molecular weight excluding hydrogens is 144 g/mol. The van der Waals surface area contributed by atoms with E-state index in [1.54, 1.807) is 6.08 Å². The Morgan fingerprint density at radius 1 is 1.27 bits per heavy atom. The normalized spacial score (nSPS) is 27.3. The third-order valence-electron chi connectivity index (χ3n) is 1.54. The van der Waals surface area contributed by atoms with E-state index in [0.29, 0.717) is 6.42 Å². The second kappa shape index (κ2) is 3.06. The van der Waals surface area contributed by atoms with E-state index in [4.69, 9.17) is 0 Å². The van der Waals surface area contributed by atoms with Crippen LogP contribution < -0.4 is 0 Å². The lowest BCUT2D eigenvalue weighted by atomic mass is 10.2. The van der Waals surface area contributed by atoms with Gasteiger partial charge in [0.1, 0.15) is 0 Å². The summed E-state index contributed by atoms with van der Waals surface area (Å²) >= 11 is 0. The first-order valence-corrected chi connectivity index (χ1v) is 3.19. The smallest absolute Gasteiger partial charge is 0.211 e. The van der Waals surface area contributed by atoms with Crippen LogP contribution in [-0.4, -0.2) is 17.8 Å². The van der Waals surface area contributed by atoms with Gasteiger partial charge in [0, 0.05) is 6.42 Å². The van der Waals surface area contributed by atoms with E-state index < -0.39 is 5.66 Å². The van der Waals surface area contributed by atoms with Crippen LogP contribution in [0.4, 0.5) is 0 Å². The van der Waals surface area contributed by atoms with Crippen LogP contribution in [0.15, 0.2) is 22.1 Å². The van der Waals surface area contributed by atoms with Crippen LogP contribution in [-0.2, 0) is 9.59 Å². The maximum Gasteiger partial charge on any atom is 0.237 e. The molecule has 0 aromatic heterocycles. The Bertz CT molecular complexity index is 252. The van der Waals surface area contributed by atoms with Gasteiger partial charge in [-0.25, -0.2) is 9.59 Å². The number of hydrogen-bond donors (Lipinski definition) is 0. The third kappa shape index (κ3) is 1.49. The van der Waals surface area contributed by atoms with E-state index in [1.807, 2.05) is 6.08 Å². The first-order valence-electron chi connectivity index (χ1n) is 3.19. The Morgan fingerprint density at radius 3 is 2.27 bits per heavy atom. The summed E-state index contributed by atoms with van der Waals surface area (Å²) in [5, 5.41) is 0. The van der Waals surface area contributed by atoms with Crippen LogP contribution in [0.1, 0.15) is 12.8 Å². The van der Waals surface area contributed by atoms with Crippen molar-refractivity contribution in [2.45, 2.75) is 18.5 Å². The zero-order valence-corrected chi connectivity index (χ0v) is 5.78. The Labute approximate surface area is 63.3 Å². The Morgan fingerprint density at radius 2 is 1.91 bits per heavy atom. The van der Waals surface area contributed by atoms with E-state index in [2.05, 4.69) is 9.98 Å². The number of hydrogen-bond acceptors (Lipinski definition) is 4. The maximum atomic E-state index is 9.93. The fourth-order valence-corrected chi connectivity index (χ4v) is 1.02. The van der Waals surface area contributed by atoms with E-state index in [-0.39, 0.29) is 0 Å². The van der Waals surface area contributed by atoms with Gasteiger partial charge < -0.3 is 0 Å². The lowest BCUT2D eigenvalue weighted by Gasteiger charge is -2.10. The van der Waals surface area contributed by atoms with Gasteiger partial charge in [0.25, 0.3) is 0 Å². The van der Waals surface area contributed by atoms with E-state index in [1.165, 1.54) is 12.2 Å². The Balaban J connectivity index is 2.96. The SMILES string of the molecule is O=C=NC1(N=C=O)C=CCC1. The molecule has 1 aliphatic rings. The van der Waals surface area contributed by atoms with Gasteiger partial charge in [0.05, 0.1) is 0 Å². The third-order valence-corrected chi connectivity index (χ3v) is 1.54. The fraction of sp³-hybridized carbons (Fsp3) is 0.429. The highest BCUT2D eigenvalue weighted by molar-refractivity contribution is 5.41. The van der Waals surface area contributed by atoms with Crippen molar-refractivity contribution in [3.63, 3.8) is 0 Å². The van der Waals surface area contributed by atoms with Crippen LogP contribution >= 0.6 is 0 Å². The molecule has 1 aliphatic carbocycles. The average Bonchev–Trinajstić information content (AvgIpc) is 2.39. The summed E-state index contributed by atoms with van der Waals surface area (Å²) < 4.78 is 0. The van der Waals surface area contributed by atoms with Crippen molar-refractivity contribution in [3.05, 3.63) is 12.2 Å². The Kier molecular flexibility index (Phi) is 2.12. The van der Waals surface area contributed by atoms with Crippen LogP contribution in [0.2, 0.25) is 0 Å². The highest BCUT2D eigenvalue weighted by atomic mass is 16.1. The summed E-state index contributed by atoms with van der Waals surface area (Å²) in [6, 6.07) is 0. The molecule has 11 heavy (non-hydrogen) atoms. The number of aliphatic imine (C=N–C) groups is 2. The Hall–Kier alpha value is -1.50. The van der Waals surface area contributed by atoms with Gasteiger partial charge in [-0.05, 0) is 12.5 Å². The first kappa shape index (κ1) is 7.61. The van der Waals surface area contributed by atoms with Gasteiger partial charge in [-0.2, -0.15) is 9.98 Å². The first-order chi connectivity index (χ1) is 5.33. The summed E-state index contributed by atoms with van der Waals surface area (Å²) in [6.45, 7) is 0. The molecule has 4 heteroatoms. The van der Waals surface area contributed by atoms with Crippen molar-refractivity contribution in [2.75, 3.05) is 0 Å². The summed E-state index contributed by atoms with van der Waals surface area (Å²) in [5.74, 6) is 0. The second-order valence-electron chi connectivity index (χ2n) is 2.23. The number of carbonyl (C=O) groups excluding carboxylic acids is 2. The number of nitrogens with zero attached hydrogens (tertiary/aromatic N) is 2. The molecule has 0 heterocycles. The van der Waals surface area contributed by atoms with Gasteiger partial charge >= 0.3 is 0 Å². The molecule has 0 unspecified atom stereocenters. The zero-order chi connectivity index (χ0) is 8.16. The van der Waals surface area contributed by atoms with Gasteiger partial charge in [-0.15, -0.1) is 0 Å². The van der Waals surface area contributed by atoms with E-state index >= 15 is 0 Å².